The van der Waals surface area contributed by atoms with Crippen LogP contribution in [-0.2, 0) is 11.2 Å². The molecule has 0 spiro atoms. The molecule has 0 bridgehead atoms. The predicted octanol–water partition coefficient (Wildman–Crippen LogP) is 2.19. The first-order valence-corrected chi connectivity index (χ1v) is 6.15. The standard InChI is InChI=1S/C7H7ClN2OS2/c1-2-3-13(11)7-10-6(8)5(4-9)12-7/h2-3H2,1H3. The number of nitriles is 1. The van der Waals surface area contributed by atoms with Crippen molar-refractivity contribution in [2.75, 3.05) is 5.75 Å². The summed E-state index contributed by atoms with van der Waals surface area (Å²) in [4.78, 5) is 4.20. The molecule has 1 aromatic heterocycles. The molecule has 0 saturated heterocycles. The van der Waals surface area contributed by atoms with E-state index in [1.807, 2.05) is 13.0 Å². The average molecular weight is 235 g/mol. The third-order valence-corrected chi connectivity index (χ3v) is 4.46. The van der Waals surface area contributed by atoms with E-state index in [0.29, 0.717) is 15.0 Å². The van der Waals surface area contributed by atoms with Gasteiger partial charge in [-0.3, -0.25) is 0 Å². The molecule has 1 heterocycles. The second-order valence-corrected chi connectivity index (χ2v) is 5.36. The van der Waals surface area contributed by atoms with E-state index < -0.39 is 11.2 Å². The topological polar surface area (TPSA) is 59.7 Å². The van der Waals surface area contributed by atoms with Crippen LogP contribution in [0.4, 0.5) is 0 Å². The maximum Gasteiger partial charge on any atom is 0.304 e. The van der Waals surface area contributed by atoms with Gasteiger partial charge in [0.2, 0.25) is 0 Å². The molecule has 1 unspecified atom stereocenters. The van der Waals surface area contributed by atoms with Crippen LogP contribution in [-0.4, -0.2) is 15.3 Å². The van der Waals surface area contributed by atoms with E-state index in [1.165, 1.54) is 0 Å². The lowest BCUT2D eigenvalue weighted by Gasteiger charge is -2.03. The molecule has 6 heteroatoms. The molecule has 0 N–H and O–H groups in total. The summed E-state index contributed by atoms with van der Waals surface area (Å²) < 4.78 is 11.9. The van der Waals surface area contributed by atoms with Gasteiger partial charge in [0.15, 0.2) is 5.15 Å². The molecule has 0 aromatic carbocycles. The quantitative estimate of drug-likeness (QED) is 0.754. The lowest BCUT2D eigenvalue weighted by molar-refractivity contribution is 0.593. The third kappa shape index (κ3) is 2.58. The molecular weight excluding hydrogens is 228 g/mol. The van der Waals surface area contributed by atoms with E-state index in [0.717, 1.165) is 17.8 Å². The number of nitrogens with zero attached hydrogens (tertiary/aromatic N) is 2. The first-order valence-electron chi connectivity index (χ1n) is 3.63. The predicted molar refractivity (Wildman–Crippen MR) is 53.4 cm³/mol. The number of halogens is 1. The summed E-state index contributed by atoms with van der Waals surface area (Å²) in [6.45, 7) is 1.94. The van der Waals surface area contributed by atoms with Crippen LogP contribution in [0.1, 0.15) is 18.2 Å². The van der Waals surface area contributed by atoms with Gasteiger partial charge in [-0.15, -0.1) is 0 Å². The molecule has 70 valence electrons. The van der Waals surface area contributed by atoms with Gasteiger partial charge in [-0.1, -0.05) is 29.9 Å². The Morgan fingerprint density at radius 1 is 1.77 bits per heavy atom. The van der Waals surface area contributed by atoms with Gasteiger partial charge < -0.3 is 4.55 Å². The van der Waals surface area contributed by atoms with Crippen molar-refractivity contribution in [3.8, 4) is 6.07 Å². The Bertz CT molecular complexity index is 334. The van der Waals surface area contributed by atoms with Crippen LogP contribution in [0.15, 0.2) is 4.34 Å². The number of hydrogen-bond donors (Lipinski definition) is 0. The zero-order chi connectivity index (χ0) is 9.84. The highest BCUT2D eigenvalue weighted by molar-refractivity contribution is 7.93. The largest absolute Gasteiger partial charge is 0.610 e. The zero-order valence-corrected chi connectivity index (χ0v) is 9.30. The summed E-state index contributed by atoms with van der Waals surface area (Å²) >= 11 is 5.63. The molecule has 0 saturated carbocycles. The molecule has 0 fully saturated rings. The number of aromatic nitrogens is 1. The van der Waals surface area contributed by atoms with Crippen LogP contribution in [0, 0.1) is 11.3 Å². The molecule has 13 heavy (non-hydrogen) atoms. The Hall–Kier alpha value is -0.280. The molecule has 1 atom stereocenters. The van der Waals surface area contributed by atoms with Gasteiger partial charge in [0.1, 0.15) is 16.7 Å². The van der Waals surface area contributed by atoms with Gasteiger partial charge >= 0.3 is 4.34 Å². The fourth-order valence-electron chi connectivity index (χ4n) is 0.722. The Morgan fingerprint density at radius 2 is 2.46 bits per heavy atom. The highest BCUT2D eigenvalue weighted by Crippen LogP contribution is 2.26. The summed E-state index contributed by atoms with van der Waals surface area (Å²) in [7, 11) is 0. The van der Waals surface area contributed by atoms with Crippen molar-refractivity contribution in [3.05, 3.63) is 10.0 Å². The summed E-state index contributed by atoms with van der Waals surface area (Å²) in [6, 6.07) is 1.90. The molecule has 3 nitrogen and oxygen atoms in total. The Labute approximate surface area is 88.5 Å². The highest BCUT2D eigenvalue weighted by atomic mass is 35.5. The van der Waals surface area contributed by atoms with Gasteiger partial charge in [-0.2, -0.15) is 10.2 Å². The molecule has 1 aromatic rings. The number of thiazole rings is 1. The van der Waals surface area contributed by atoms with Crippen molar-refractivity contribution < 1.29 is 4.55 Å². The molecule has 1 rings (SSSR count). The Balaban J connectivity index is 2.85. The van der Waals surface area contributed by atoms with E-state index in [1.54, 1.807) is 0 Å². The van der Waals surface area contributed by atoms with Crippen LogP contribution in [0.3, 0.4) is 0 Å². The second kappa shape index (κ2) is 4.82. The minimum Gasteiger partial charge on any atom is -0.610 e. The van der Waals surface area contributed by atoms with Gasteiger partial charge in [0.25, 0.3) is 0 Å². The summed E-state index contributed by atoms with van der Waals surface area (Å²) in [5.74, 6) is 0.564. The molecule has 0 aliphatic carbocycles. The first-order chi connectivity index (χ1) is 6.19. The van der Waals surface area contributed by atoms with Gasteiger partial charge in [0.05, 0.1) is 0 Å². The van der Waals surface area contributed by atoms with Gasteiger partial charge in [-0.25, -0.2) is 0 Å². The van der Waals surface area contributed by atoms with Gasteiger partial charge in [-0.05, 0) is 6.42 Å². The van der Waals surface area contributed by atoms with E-state index >= 15 is 0 Å². The lowest BCUT2D eigenvalue weighted by atomic mass is 10.6. The minimum atomic E-state index is -1.10. The SMILES string of the molecule is CCC[S+]([O-])c1nc(Cl)c(C#N)s1. The Kier molecular flexibility index (Phi) is 4.00. The van der Waals surface area contributed by atoms with Crippen molar-refractivity contribution in [2.24, 2.45) is 0 Å². The smallest absolute Gasteiger partial charge is 0.304 e. The zero-order valence-electron chi connectivity index (χ0n) is 6.91. The first kappa shape index (κ1) is 10.8. The minimum absolute atomic E-state index is 0.159. The summed E-state index contributed by atoms with van der Waals surface area (Å²) in [5.41, 5.74) is 0. The fraction of sp³-hybridized carbons (Fsp3) is 0.429. The van der Waals surface area contributed by atoms with Crippen molar-refractivity contribution in [1.29, 1.82) is 5.26 Å². The molecule has 0 aliphatic heterocycles. The molecule has 0 radical (unpaired) electrons. The van der Waals surface area contributed by atoms with Crippen molar-refractivity contribution in [1.82, 2.24) is 4.98 Å². The lowest BCUT2D eigenvalue weighted by Crippen LogP contribution is -2.04. The van der Waals surface area contributed by atoms with Crippen LogP contribution in [0.2, 0.25) is 5.15 Å². The molecular formula is C7H7ClN2OS2. The summed E-state index contributed by atoms with van der Waals surface area (Å²) in [5, 5.41) is 8.74. The van der Waals surface area contributed by atoms with Crippen molar-refractivity contribution in [3.63, 3.8) is 0 Å². The average Bonchev–Trinajstić information content (AvgIpc) is 2.47. The fourth-order valence-corrected chi connectivity index (χ4v) is 3.16. The second-order valence-electron chi connectivity index (χ2n) is 2.26. The van der Waals surface area contributed by atoms with E-state index in [9.17, 15) is 4.55 Å². The monoisotopic (exact) mass is 234 g/mol. The van der Waals surface area contributed by atoms with Gasteiger partial charge in [0, 0.05) is 11.2 Å². The van der Waals surface area contributed by atoms with E-state index in [2.05, 4.69) is 4.98 Å². The van der Waals surface area contributed by atoms with Crippen LogP contribution >= 0.6 is 22.9 Å². The van der Waals surface area contributed by atoms with Crippen molar-refractivity contribution in [2.45, 2.75) is 17.7 Å². The number of hydrogen-bond acceptors (Lipinski definition) is 4. The normalized spacial score (nSPS) is 12.5. The summed E-state index contributed by atoms with van der Waals surface area (Å²) in [6.07, 6.45) is 0.825. The third-order valence-electron chi connectivity index (χ3n) is 1.25. The maximum absolute atomic E-state index is 11.4. The molecule has 0 aliphatic rings. The van der Waals surface area contributed by atoms with E-state index in [-0.39, 0.29) is 5.15 Å². The van der Waals surface area contributed by atoms with Crippen LogP contribution in [0.25, 0.3) is 0 Å². The van der Waals surface area contributed by atoms with Crippen molar-refractivity contribution >= 4 is 34.1 Å². The Morgan fingerprint density at radius 3 is 2.92 bits per heavy atom. The molecule has 0 amide bonds. The maximum atomic E-state index is 11.4. The van der Waals surface area contributed by atoms with E-state index in [4.69, 9.17) is 16.9 Å². The van der Waals surface area contributed by atoms with Crippen LogP contribution in [0.5, 0.6) is 0 Å². The van der Waals surface area contributed by atoms with Crippen LogP contribution < -0.4 is 0 Å². The number of rotatable bonds is 3. The highest BCUT2D eigenvalue weighted by Gasteiger charge is 2.18.